The van der Waals surface area contributed by atoms with E-state index in [0.717, 1.165) is 10.0 Å². The molecule has 0 saturated heterocycles. The molecule has 0 aliphatic heterocycles. The van der Waals surface area contributed by atoms with Crippen LogP contribution < -0.4 is 21.7 Å². The molecule has 2 rings (SSSR count). The summed E-state index contributed by atoms with van der Waals surface area (Å²) in [4.78, 5) is 36.1. The molecule has 2 atom stereocenters. The average Bonchev–Trinajstić information content (AvgIpc) is 2.71. The third-order valence-electron chi connectivity index (χ3n) is 4.43. The van der Waals surface area contributed by atoms with E-state index >= 15 is 0 Å². The number of hydrogen-bond acceptors (Lipinski definition) is 4. The number of amidine groups is 1. The van der Waals surface area contributed by atoms with Gasteiger partial charge < -0.3 is 26.8 Å². The number of nitrogens with one attached hydrogen (secondary N) is 4. The predicted octanol–water partition coefficient (Wildman–Crippen LogP) is 2.97. The van der Waals surface area contributed by atoms with Crippen molar-refractivity contribution in [3.05, 3.63) is 64.1 Å². The number of aliphatic carboxylic acids is 1. The van der Waals surface area contributed by atoms with Gasteiger partial charge in [0, 0.05) is 22.1 Å². The molecule has 0 aliphatic carbocycles. The molecule has 164 valence electrons. The number of halogens is 1. The zero-order chi connectivity index (χ0) is 23.0. The van der Waals surface area contributed by atoms with Gasteiger partial charge in [0.15, 0.2) is 0 Å². The number of urea groups is 1. The van der Waals surface area contributed by atoms with E-state index in [1.165, 1.54) is 0 Å². The molecule has 7 N–H and O–H groups in total. The van der Waals surface area contributed by atoms with Crippen LogP contribution in [0.4, 0.5) is 10.5 Å². The molecule has 0 fully saturated rings. The predicted molar refractivity (Wildman–Crippen MR) is 121 cm³/mol. The number of carboxylic acid groups (broad SMARTS) is 1. The van der Waals surface area contributed by atoms with Crippen molar-refractivity contribution in [2.75, 3.05) is 5.32 Å². The van der Waals surface area contributed by atoms with Crippen LogP contribution in [0.1, 0.15) is 36.9 Å². The van der Waals surface area contributed by atoms with Gasteiger partial charge in [-0.1, -0.05) is 28.1 Å². The van der Waals surface area contributed by atoms with Crippen molar-refractivity contribution in [1.29, 1.82) is 5.41 Å². The molecule has 31 heavy (non-hydrogen) atoms. The molecule has 2 aromatic carbocycles. The Bertz CT molecular complexity index is 964. The molecule has 0 unspecified atom stereocenters. The largest absolute Gasteiger partial charge is 0.481 e. The molecule has 3 amide bonds. The first-order valence-electron chi connectivity index (χ1n) is 9.45. The third kappa shape index (κ3) is 7.74. The summed E-state index contributed by atoms with van der Waals surface area (Å²) in [5, 5.41) is 24.3. The second kappa shape index (κ2) is 11.1. The molecule has 0 bridgehead atoms. The number of hydrogen-bond donors (Lipinski definition) is 6. The first-order valence-corrected chi connectivity index (χ1v) is 10.2. The van der Waals surface area contributed by atoms with Gasteiger partial charge >= 0.3 is 12.0 Å². The number of anilines is 1. The minimum Gasteiger partial charge on any atom is -0.481 e. The van der Waals surface area contributed by atoms with Crippen molar-refractivity contribution in [2.24, 2.45) is 5.73 Å². The van der Waals surface area contributed by atoms with Crippen LogP contribution in [0.3, 0.4) is 0 Å². The van der Waals surface area contributed by atoms with E-state index in [-0.39, 0.29) is 24.7 Å². The Morgan fingerprint density at radius 1 is 1.13 bits per heavy atom. The number of rotatable bonds is 9. The summed E-state index contributed by atoms with van der Waals surface area (Å²) >= 11 is 3.38. The van der Waals surface area contributed by atoms with Crippen molar-refractivity contribution >= 4 is 45.4 Å². The number of nitrogen functional groups attached to an aromatic ring is 1. The zero-order valence-corrected chi connectivity index (χ0v) is 18.4. The number of carbonyl (C=O) groups is 3. The Labute approximate surface area is 188 Å². The maximum Gasteiger partial charge on any atom is 0.319 e. The number of benzene rings is 2. The molecular formula is C21H24BrN5O4. The highest BCUT2D eigenvalue weighted by Gasteiger charge is 2.23. The lowest BCUT2D eigenvalue weighted by molar-refractivity contribution is -0.137. The van der Waals surface area contributed by atoms with Crippen molar-refractivity contribution in [2.45, 2.75) is 31.8 Å². The minimum atomic E-state index is -1.07. The van der Waals surface area contributed by atoms with Crippen LogP contribution in [0.5, 0.6) is 0 Å². The molecule has 0 aromatic heterocycles. The van der Waals surface area contributed by atoms with E-state index in [9.17, 15) is 14.4 Å². The van der Waals surface area contributed by atoms with Gasteiger partial charge in [0.1, 0.15) is 11.9 Å². The molecule has 0 heterocycles. The first kappa shape index (κ1) is 23.9. The van der Waals surface area contributed by atoms with Gasteiger partial charge in [-0.05, 0) is 55.3 Å². The molecule has 2 aromatic rings. The summed E-state index contributed by atoms with van der Waals surface area (Å²) in [5.41, 5.74) is 7.20. The van der Waals surface area contributed by atoms with E-state index in [0.29, 0.717) is 11.3 Å². The van der Waals surface area contributed by atoms with Gasteiger partial charge in [0.05, 0.1) is 6.04 Å². The van der Waals surface area contributed by atoms with Gasteiger partial charge in [-0.2, -0.15) is 0 Å². The molecule has 9 nitrogen and oxygen atoms in total. The van der Waals surface area contributed by atoms with E-state index in [4.69, 9.17) is 16.2 Å². The molecule has 0 saturated carbocycles. The van der Waals surface area contributed by atoms with Gasteiger partial charge in [-0.15, -0.1) is 0 Å². The van der Waals surface area contributed by atoms with Crippen LogP contribution in [0.2, 0.25) is 0 Å². The monoisotopic (exact) mass is 489 g/mol. The smallest absolute Gasteiger partial charge is 0.319 e. The fourth-order valence-corrected chi connectivity index (χ4v) is 3.19. The number of carboxylic acids is 1. The highest BCUT2D eigenvalue weighted by atomic mass is 79.9. The van der Waals surface area contributed by atoms with Crippen LogP contribution in [0.25, 0.3) is 0 Å². The Balaban J connectivity index is 2.04. The summed E-state index contributed by atoms with van der Waals surface area (Å²) in [6, 6.07) is 11.7. The number of amides is 3. The Kier molecular flexibility index (Phi) is 8.56. The van der Waals surface area contributed by atoms with Crippen LogP contribution in [-0.2, 0) is 9.59 Å². The Morgan fingerprint density at radius 2 is 1.81 bits per heavy atom. The molecule has 10 heteroatoms. The SMILES string of the molecule is C[C@H](NC(=O)[C@H](CCC(=O)O)NC(=O)Nc1ccc(C(=N)N)cc1)c1cccc(Br)c1. The van der Waals surface area contributed by atoms with Gasteiger partial charge in [-0.25, -0.2) is 4.79 Å². The minimum absolute atomic E-state index is 0.0664. The maximum absolute atomic E-state index is 12.7. The van der Waals surface area contributed by atoms with Gasteiger partial charge in [-0.3, -0.25) is 15.0 Å². The summed E-state index contributed by atoms with van der Waals surface area (Å²) in [6.45, 7) is 1.80. The van der Waals surface area contributed by atoms with Crippen molar-refractivity contribution in [1.82, 2.24) is 10.6 Å². The lowest BCUT2D eigenvalue weighted by atomic mass is 10.1. The first-order chi connectivity index (χ1) is 14.7. The van der Waals surface area contributed by atoms with Crippen molar-refractivity contribution in [3.8, 4) is 0 Å². The van der Waals surface area contributed by atoms with E-state index in [1.807, 2.05) is 24.3 Å². The average molecular weight is 490 g/mol. The summed E-state index contributed by atoms with van der Waals surface area (Å²) in [6.07, 6.45) is -0.347. The summed E-state index contributed by atoms with van der Waals surface area (Å²) in [5.74, 6) is -1.66. The Morgan fingerprint density at radius 3 is 2.39 bits per heavy atom. The third-order valence-corrected chi connectivity index (χ3v) is 4.92. The van der Waals surface area contributed by atoms with Crippen LogP contribution in [-0.4, -0.2) is 34.9 Å². The maximum atomic E-state index is 12.7. The second-order valence-electron chi connectivity index (χ2n) is 6.86. The van der Waals surface area contributed by atoms with Crippen molar-refractivity contribution in [3.63, 3.8) is 0 Å². The fourth-order valence-electron chi connectivity index (χ4n) is 2.77. The van der Waals surface area contributed by atoms with E-state index < -0.39 is 23.9 Å². The fraction of sp³-hybridized carbons (Fsp3) is 0.238. The van der Waals surface area contributed by atoms with Crippen molar-refractivity contribution < 1.29 is 19.5 Å². The highest BCUT2D eigenvalue weighted by Crippen LogP contribution is 2.18. The van der Waals surface area contributed by atoms with Gasteiger partial charge in [0.2, 0.25) is 5.91 Å². The second-order valence-corrected chi connectivity index (χ2v) is 7.78. The van der Waals surface area contributed by atoms with Gasteiger partial charge in [0.25, 0.3) is 0 Å². The molecule has 0 radical (unpaired) electrons. The normalized spacial score (nSPS) is 12.3. The molecule has 0 aliphatic rings. The standard InChI is InChI=1S/C21H24BrN5O4/c1-12(14-3-2-4-15(22)11-14)25-20(30)17(9-10-18(28)29)27-21(31)26-16-7-5-13(6-8-16)19(23)24/h2-8,11-12,17H,9-10H2,1H3,(H3,23,24)(H,25,30)(H,28,29)(H2,26,27,31)/t12-,17-/m0/s1. The number of nitrogens with two attached hydrogens (primary N) is 1. The summed E-state index contributed by atoms with van der Waals surface area (Å²) < 4.78 is 0.863. The van der Waals surface area contributed by atoms with Crippen LogP contribution >= 0.6 is 15.9 Å². The topological polar surface area (TPSA) is 157 Å². The lowest BCUT2D eigenvalue weighted by Gasteiger charge is -2.21. The number of carbonyl (C=O) groups excluding carboxylic acids is 2. The van der Waals surface area contributed by atoms with Crippen LogP contribution in [0.15, 0.2) is 53.0 Å². The summed E-state index contributed by atoms with van der Waals surface area (Å²) in [7, 11) is 0. The lowest BCUT2D eigenvalue weighted by Crippen LogP contribution is -2.48. The Hall–Kier alpha value is -3.40. The van der Waals surface area contributed by atoms with E-state index in [2.05, 4.69) is 31.9 Å². The quantitative estimate of drug-likeness (QED) is 0.235. The molecule has 0 spiro atoms. The van der Waals surface area contributed by atoms with E-state index in [1.54, 1.807) is 31.2 Å². The van der Waals surface area contributed by atoms with Crippen LogP contribution in [0, 0.1) is 5.41 Å². The molecular weight excluding hydrogens is 466 g/mol. The zero-order valence-electron chi connectivity index (χ0n) is 16.8. The highest BCUT2D eigenvalue weighted by molar-refractivity contribution is 9.10.